The standard InChI is InChI=1S/C20H22F3N5OS/c1-19(2,29)5-6-25-18-28-27-17(30-18)15-9-14(24)12-7-11(10-3-4-10)8-13(16(12)26-15)20(21,22)23/h7-10,29H,3-6H2,1-2H3,(H2,24,26)(H,25,28). The van der Waals surface area contributed by atoms with E-state index in [-0.39, 0.29) is 22.8 Å². The summed E-state index contributed by atoms with van der Waals surface area (Å²) in [6.07, 6.45) is -2.25. The van der Waals surface area contributed by atoms with Crippen molar-refractivity contribution in [3.05, 3.63) is 29.3 Å². The van der Waals surface area contributed by atoms with Crippen LogP contribution in [-0.2, 0) is 6.18 Å². The lowest BCUT2D eigenvalue weighted by molar-refractivity contribution is -0.136. The monoisotopic (exact) mass is 437 g/mol. The Morgan fingerprint density at radius 2 is 1.93 bits per heavy atom. The number of aliphatic hydroxyl groups is 1. The summed E-state index contributed by atoms with van der Waals surface area (Å²) >= 11 is 1.17. The van der Waals surface area contributed by atoms with Gasteiger partial charge < -0.3 is 16.2 Å². The second-order valence-electron chi connectivity index (χ2n) is 8.23. The predicted octanol–water partition coefficient (Wildman–Crippen LogP) is 4.80. The normalized spacial score (nSPS) is 15.0. The van der Waals surface area contributed by atoms with Crippen molar-refractivity contribution in [2.75, 3.05) is 17.6 Å². The molecule has 4 N–H and O–H groups in total. The highest BCUT2D eigenvalue weighted by Crippen LogP contribution is 2.45. The Kier molecular flexibility index (Phi) is 5.09. The van der Waals surface area contributed by atoms with Crippen molar-refractivity contribution < 1.29 is 18.3 Å². The van der Waals surface area contributed by atoms with Gasteiger partial charge in [-0.15, -0.1) is 10.2 Å². The van der Waals surface area contributed by atoms with E-state index in [1.807, 2.05) is 0 Å². The number of pyridine rings is 1. The van der Waals surface area contributed by atoms with Crippen molar-refractivity contribution in [2.24, 2.45) is 0 Å². The molecule has 0 amide bonds. The zero-order valence-electron chi connectivity index (χ0n) is 16.5. The molecule has 0 atom stereocenters. The minimum Gasteiger partial charge on any atom is -0.398 e. The van der Waals surface area contributed by atoms with Crippen LogP contribution in [0.1, 0.15) is 50.2 Å². The number of aromatic nitrogens is 3. The third-order valence-electron chi connectivity index (χ3n) is 4.98. The van der Waals surface area contributed by atoms with Crippen LogP contribution in [0.5, 0.6) is 0 Å². The first-order valence-corrected chi connectivity index (χ1v) is 10.4. The molecule has 1 aliphatic carbocycles. The van der Waals surface area contributed by atoms with Gasteiger partial charge in [0.25, 0.3) is 0 Å². The van der Waals surface area contributed by atoms with Crippen LogP contribution in [0.25, 0.3) is 21.6 Å². The van der Waals surface area contributed by atoms with Crippen LogP contribution in [0.2, 0.25) is 0 Å². The maximum atomic E-state index is 13.8. The Hall–Kier alpha value is -2.46. The molecule has 6 nitrogen and oxygen atoms in total. The number of nitrogens with two attached hydrogens (primary N) is 1. The summed E-state index contributed by atoms with van der Waals surface area (Å²) in [6.45, 7) is 3.89. The lowest BCUT2D eigenvalue weighted by Gasteiger charge is -2.16. The minimum absolute atomic E-state index is 0.162. The minimum atomic E-state index is -4.54. The molecule has 0 unspecified atom stereocenters. The fraction of sp³-hybridized carbons (Fsp3) is 0.450. The first-order chi connectivity index (χ1) is 14.0. The topological polar surface area (TPSA) is 97.0 Å². The maximum absolute atomic E-state index is 13.8. The summed E-state index contributed by atoms with van der Waals surface area (Å²) in [5, 5.41) is 22.0. The molecule has 2 heterocycles. The highest BCUT2D eigenvalue weighted by atomic mass is 32.1. The molecular weight excluding hydrogens is 415 g/mol. The molecule has 0 radical (unpaired) electrons. The van der Waals surface area contributed by atoms with Crippen LogP contribution in [0.4, 0.5) is 24.0 Å². The van der Waals surface area contributed by atoms with Gasteiger partial charge in [0.05, 0.1) is 16.7 Å². The number of nitrogens with zero attached hydrogens (tertiary/aromatic N) is 3. The molecule has 0 spiro atoms. The summed E-state index contributed by atoms with van der Waals surface area (Å²) in [4.78, 5) is 4.27. The third kappa shape index (κ3) is 4.49. The molecule has 10 heteroatoms. The molecular formula is C20H22F3N5OS. The smallest absolute Gasteiger partial charge is 0.398 e. The number of nitrogens with one attached hydrogen (secondary N) is 1. The number of fused-ring (bicyclic) bond motifs is 1. The van der Waals surface area contributed by atoms with Crippen LogP contribution < -0.4 is 11.1 Å². The largest absolute Gasteiger partial charge is 0.418 e. The third-order valence-corrected chi connectivity index (χ3v) is 5.88. The molecule has 160 valence electrons. The Bertz CT molecular complexity index is 1090. The van der Waals surface area contributed by atoms with Crippen LogP contribution in [-0.4, -0.2) is 32.4 Å². The number of nitrogen functional groups attached to an aromatic ring is 1. The molecule has 4 rings (SSSR count). The van der Waals surface area contributed by atoms with Gasteiger partial charge in [-0.3, -0.25) is 0 Å². The molecule has 3 aromatic rings. The molecule has 2 aromatic heterocycles. The maximum Gasteiger partial charge on any atom is 0.418 e. The number of alkyl halides is 3. The average molecular weight is 437 g/mol. The van der Waals surface area contributed by atoms with E-state index in [0.29, 0.717) is 34.1 Å². The van der Waals surface area contributed by atoms with E-state index >= 15 is 0 Å². The molecule has 30 heavy (non-hydrogen) atoms. The zero-order chi connectivity index (χ0) is 21.7. The van der Waals surface area contributed by atoms with Crippen molar-refractivity contribution in [1.82, 2.24) is 15.2 Å². The number of hydrogen-bond acceptors (Lipinski definition) is 7. The highest BCUT2D eigenvalue weighted by molar-refractivity contribution is 7.18. The van der Waals surface area contributed by atoms with Gasteiger partial charge in [-0.1, -0.05) is 11.3 Å². The predicted molar refractivity (Wildman–Crippen MR) is 111 cm³/mol. The molecule has 1 aromatic carbocycles. The number of halogens is 3. The number of benzene rings is 1. The first-order valence-electron chi connectivity index (χ1n) is 9.63. The summed E-state index contributed by atoms with van der Waals surface area (Å²) in [6, 6.07) is 4.46. The fourth-order valence-corrected chi connectivity index (χ4v) is 3.96. The molecule has 0 aliphatic heterocycles. The lowest BCUT2D eigenvalue weighted by Crippen LogP contribution is -2.22. The highest BCUT2D eigenvalue weighted by Gasteiger charge is 2.36. The molecule has 0 bridgehead atoms. The van der Waals surface area contributed by atoms with Gasteiger partial charge in [-0.2, -0.15) is 13.2 Å². The van der Waals surface area contributed by atoms with E-state index in [9.17, 15) is 18.3 Å². The lowest BCUT2D eigenvalue weighted by atomic mass is 10.0. The van der Waals surface area contributed by atoms with Crippen LogP contribution >= 0.6 is 11.3 Å². The van der Waals surface area contributed by atoms with Gasteiger partial charge in [-0.05, 0) is 62.8 Å². The van der Waals surface area contributed by atoms with Crippen LogP contribution in [0.15, 0.2) is 18.2 Å². The zero-order valence-corrected chi connectivity index (χ0v) is 17.4. The van der Waals surface area contributed by atoms with Crippen molar-refractivity contribution in [3.63, 3.8) is 0 Å². The Morgan fingerprint density at radius 3 is 2.57 bits per heavy atom. The van der Waals surface area contributed by atoms with Gasteiger partial charge in [0.15, 0.2) is 5.01 Å². The van der Waals surface area contributed by atoms with E-state index < -0.39 is 17.3 Å². The SMILES string of the molecule is CC(C)(O)CCNc1nnc(-c2cc(N)c3cc(C4CC4)cc(C(F)(F)F)c3n2)s1. The summed E-state index contributed by atoms with van der Waals surface area (Å²) in [5.74, 6) is 0.162. The van der Waals surface area contributed by atoms with Crippen molar-refractivity contribution >= 4 is 33.1 Å². The van der Waals surface area contributed by atoms with Gasteiger partial charge in [-0.25, -0.2) is 4.98 Å². The van der Waals surface area contributed by atoms with Crippen molar-refractivity contribution in [1.29, 1.82) is 0 Å². The van der Waals surface area contributed by atoms with E-state index in [1.54, 1.807) is 26.0 Å². The fourth-order valence-electron chi connectivity index (χ4n) is 3.23. The van der Waals surface area contributed by atoms with E-state index in [0.717, 1.165) is 12.8 Å². The Balaban J connectivity index is 1.70. The quantitative estimate of drug-likeness (QED) is 0.512. The molecule has 0 saturated heterocycles. The molecule has 1 aliphatic rings. The van der Waals surface area contributed by atoms with Gasteiger partial charge in [0.2, 0.25) is 5.13 Å². The average Bonchev–Trinajstić information content (AvgIpc) is 3.38. The second-order valence-corrected chi connectivity index (χ2v) is 9.21. The molecule has 1 fully saturated rings. The summed E-state index contributed by atoms with van der Waals surface area (Å²) in [7, 11) is 0. The summed E-state index contributed by atoms with van der Waals surface area (Å²) in [5.41, 5.74) is 5.51. The van der Waals surface area contributed by atoms with Crippen molar-refractivity contribution in [3.8, 4) is 10.7 Å². The summed E-state index contributed by atoms with van der Waals surface area (Å²) < 4.78 is 41.3. The van der Waals surface area contributed by atoms with Crippen LogP contribution in [0.3, 0.4) is 0 Å². The number of rotatable bonds is 6. The van der Waals surface area contributed by atoms with Crippen LogP contribution in [0, 0.1) is 0 Å². The Labute approximate surface area is 175 Å². The first kappa shape index (κ1) is 20.8. The van der Waals surface area contributed by atoms with E-state index in [2.05, 4.69) is 20.5 Å². The van der Waals surface area contributed by atoms with Gasteiger partial charge >= 0.3 is 6.18 Å². The number of hydrogen-bond donors (Lipinski definition) is 3. The van der Waals surface area contributed by atoms with E-state index in [1.165, 1.54) is 17.4 Å². The number of anilines is 2. The van der Waals surface area contributed by atoms with Crippen molar-refractivity contribution in [2.45, 2.75) is 50.8 Å². The van der Waals surface area contributed by atoms with Gasteiger partial charge in [0, 0.05) is 17.6 Å². The molecule has 1 saturated carbocycles. The Morgan fingerprint density at radius 1 is 1.20 bits per heavy atom. The second kappa shape index (κ2) is 7.35. The van der Waals surface area contributed by atoms with Gasteiger partial charge in [0.1, 0.15) is 5.69 Å². The van der Waals surface area contributed by atoms with E-state index in [4.69, 9.17) is 5.73 Å².